The van der Waals surface area contributed by atoms with Crippen LogP contribution < -0.4 is 11.1 Å². The number of rotatable bonds is 6. The third kappa shape index (κ3) is 3.80. The van der Waals surface area contributed by atoms with E-state index in [1.165, 1.54) is 12.3 Å². The molecule has 0 bridgehead atoms. The molecule has 1 atom stereocenters. The van der Waals surface area contributed by atoms with Crippen molar-refractivity contribution in [2.75, 3.05) is 5.32 Å². The third-order valence-corrected chi connectivity index (χ3v) is 3.03. The lowest BCUT2D eigenvalue weighted by Crippen LogP contribution is -2.32. The molecule has 1 aromatic carbocycles. The third-order valence-electron chi connectivity index (χ3n) is 3.03. The van der Waals surface area contributed by atoms with E-state index in [1.54, 1.807) is 30.3 Å². The summed E-state index contributed by atoms with van der Waals surface area (Å²) in [6.45, 7) is 0. The number of nitrogens with two attached hydrogens (primary N) is 1. The van der Waals surface area contributed by atoms with Crippen molar-refractivity contribution in [2.24, 2.45) is 5.73 Å². The van der Waals surface area contributed by atoms with Gasteiger partial charge in [-0.05, 0) is 36.2 Å². The first-order chi connectivity index (χ1) is 10.5. The van der Waals surface area contributed by atoms with Crippen LogP contribution in [0.1, 0.15) is 15.9 Å². The van der Waals surface area contributed by atoms with Gasteiger partial charge in [-0.15, -0.1) is 0 Å². The van der Waals surface area contributed by atoms with Crippen molar-refractivity contribution in [3.8, 4) is 0 Å². The lowest BCUT2D eigenvalue weighted by molar-refractivity contribution is -0.138. The molecule has 1 aromatic heterocycles. The van der Waals surface area contributed by atoms with Crippen molar-refractivity contribution in [3.05, 3.63) is 53.7 Å². The van der Waals surface area contributed by atoms with Crippen molar-refractivity contribution >= 4 is 23.4 Å². The normalized spacial score (nSPS) is 11.7. The first kappa shape index (κ1) is 15.5. The van der Waals surface area contributed by atoms with Crippen molar-refractivity contribution in [2.45, 2.75) is 12.5 Å². The van der Waals surface area contributed by atoms with E-state index in [1.807, 2.05) is 0 Å². The van der Waals surface area contributed by atoms with Gasteiger partial charge in [-0.2, -0.15) is 0 Å². The molecule has 7 nitrogen and oxygen atoms in total. The number of anilines is 2. The van der Waals surface area contributed by atoms with Crippen LogP contribution in [-0.2, 0) is 11.2 Å². The summed E-state index contributed by atoms with van der Waals surface area (Å²) in [6.07, 6.45) is 1.72. The first-order valence-corrected chi connectivity index (χ1v) is 6.50. The zero-order valence-electron chi connectivity index (χ0n) is 11.6. The van der Waals surface area contributed by atoms with Gasteiger partial charge in [0.15, 0.2) is 0 Å². The van der Waals surface area contributed by atoms with Crippen molar-refractivity contribution in [3.63, 3.8) is 0 Å². The molecule has 7 heteroatoms. The molecule has 0 aliphatic heterocycles. The molecule has 2 aromatic rings. The maximum atomic E-state index is 11.1. The van der Waals surface area contributed by atoms with E-state index in [-0.39, 0.29) is 17.8 Å². The molecule has 0 saturated heterocycles. The van der Waals surface area contributed by atoms with Gasteiger partial charge in [-0.1, -0.05) is 12.1 Å². The van der Waals surface area contributed by atoms with E-state index < -0.39 is 18.0 Å². The van der Waals surface area contributed by atoms with E-state index in [0.29, 0.717) is 5.69 Å². The molecular formula is C15H15N3O4. The summed E-state index contributed by atoms with van der Waals surface area (Å²) < 4.78 is 0. The largest absolute Gasteiger partial charge is 0.480 e. The number of hydrogen-bond acceptors (Lipinski definition) is 5. The Morgan fingerprint density at radius 2 is 1.86 bits per heavy atom. The molecular weight excluding hydrogens is 286 g/mol. The van der Waals surface area contributed by atoms with Gasteiger partial charge in [0.25, 0.3) is 0 Å². The Morgan fingerprint density at radius 3 is 2.45 bits per heavy atom. The number of aliphatic carboxylic acids is 1. The number of aromatic carboxylic acids is 1. The lowest BCUT2D eigenvalue weighted by atomic mass is 10.1. The maximum Gasteiger partial charge on any atom is 0.339 e. The van der Waals surface area contributed by atoms with Gasteiger partial charge in [-0.25, -0.2) is 9.78 Å². The van der Waals surface area contributed by atoms with Crippen LogP contribution in [0.2, 0.25) is 0 Å². The number of carboxylic acid groups (broad SMARTS) is 2. The molecule has 0 fully saturated rings. The fourth-order valence-electron chi connectivity index (χ4n) is 1.88. The van der Waals surface area contributed by atoms with Crippen LogP contribution in [0.3, 0.4) is 0 Å². The van der Waals surface area contributed by atoms with E-state index in [0.717, 1.165) is 5.56 Å². The monoisotopic (exact) mass is 301 g/mol. The second kappa shape index (κ2) is 6.68. The molecule has 0 radical (unpaired) electrons. The molecule has 0 aliphatic rings. The first-order valence-electron chi connectivity index (χ1n) is 6.50. The average Bonchev–Trinajstić information content (AvgIpc) is 2.49. The summed E-state index contributed by atoms with van der Waals surface area (Å²) in [5, 5.41) is 20.8. The van der Waals surface area contributed by atoms with Gasteiger partial charge in [0.1, 0.15) is 17.4 Å². The molecule has 0 saturated carbocycles. The van der Waals surface area contributed by atoms with Crippen molar-refractivity contribution in [1.82, 2.24) is 4.98 Å². The SMILES string of the molecule is NC(Cc1ccc(Nc2ncccc2C(=O)O)cc1)C(=O)O. The van der Waals surface area contributed by atoms with Gasteiger partial charge >= 0.3 is 11.9 Å². The van der Waals surface area contributed by atoms with Crippen molar-refractivity contribution < 1.29 is 19.8 Å². The van der Waals surface area contributed by atoms with Gasteiger partial charge in [-0.3, -0.25) is 4.79 Å². The van der Waals surface area contributed by atoms with Crippen LogP contribution in [0.25, 0.3) is 0 Å². The minimum atomic E-state index is -1.07. The number of carboxylic acids is 2. The van der Waals surface area contributed by atoms with Crippen LogP contribution in [0.15, 0.2) is 42.6 Å². The highest BCUT2D eigenvalue weighted by Crippen LogP contribution is 2.19. The Balaban J connectivity index is 2.12. The number of nitrogens with zero attached hydrogens (tertiary/aromatic N) is 1. The van der Waals surface area contributed by atoms with E-state index in [9.17, 15) is 9.59 Å². The second-order valence-corrected chi connectivity index (χ2v) is 4.68. The van der Waals surface area contributed by atoms with Crippen molar-refractivity contribution in [1.29, 1.82) is 0 Å². The summed E-state index contributed by atoms with van der Waals surface area (Å²) in [5.74, 6) is -1.88. The summed E-state index contributed by atoms with van der Waals surface area (Å²) in [6, 6.07) is 8.94. The van der Waals surface area contributed by atoms with Gasteiger partial charge in [0.05, 0.1) is 0 Å². The van der Waals surface area contributed by atoms with Crippen LogP contribution in [0.4, 0.5) is 11.5 Å². The molecule has 0 aliphatic carbocycles. The maximum absolute atomic E-state index is 11.1. The molecule has 114 valence electrons. The number of nitrogens with one attached hydrogen (secondary N) is 1. The minimum Gasteiger partial charge on any atom is -0.480 e. The number of aromatic nitrogens is 1. The fraction of sp³-hybridized carbons (Fsp3) is 0.133. The molecule has 1 unspecified atom stereocenters. The van der Waals surface area contributed by atoms with E-state index in [4.69, 9.17) is 15.9 Å². The van der Waals surface area contributed by atoms with Gasteiger partial charge < -0.3 is 21.3 Å². The summed E-state index contributed by atoms with van der Waals surface area (Å²) in [7, 11) is 0. The smallest absolute Gasteiger partial charge is 0.339 e. The molecule has 22 heavy (non-hydrogen) atoms. The Bertz CT molecular complexity index is 685. The Kier molecular flexibility index (Phi) is 4.70. The number of benzene rings is 1. The minimum absolute atomic E-state index is 0.0690. The summed E-state index contributed by atoms with van der Waals surface area (Å²) in [5.41, 5.74) is 6.97. The topological polar surface area (TPSA) is 126 Å². The second-order valence-electron chi connectivity index (χ2n) is 4.68. The standard InChI is InChI=1S/C15H15N3O4/c16-12(15(21)22)8-9-3-5-10(6-4-9)18-13-11(14(19)20)2-1-7-17-13/h1-7,12H,8,16H2,(H,17,18)(H,19,20)(H,21,22). The molecule has 5 N–H and O–H groups in total. The number of pyridine rings is 1. The van der Waals surface area contributed by atoms with Gasteiger partial charge in [0.2, 0.25) is 0 Å². The van der Waals surface area contributed by atoms with Gasteiger partial charge in [0, 0.05) is 11.9 Å². The van der Waals surface area contributed by atoms with Crippen LogP contribution in [0, 0.1) is 0 Å². The van der Waals surface area contributed by atoms with E-state index in [2.05, 4.69) is 10.3 Å². The fourth-order valence-corrected chi connectivity index (χ4v) is 1.88. The average molecular weight is 301 g/mol. The van der Waals surface area contributed by atoms with E-state index >= 15 is 0 Å². The highest BCUT2D eigenvalue weighted by molar-refractivity contribution is 5.93. The Labute approximate surface area is 126 Å². The van der Waals surface area contributed by atoms with Crippen LogP contribution in [0.5, 0.6) is 0 Å². The Morgan fingerprint density at radius 1 is 1.18 bits per heavy atom. The number of carbonyl (C=O) groups is 2. The zero-order chi connectivity index (χ0) is 16.1. The van der Waals surface area contributed by atoms with Crippen LogP contribution in [-0.4, -0.2) is 33.2 Å². The Hall–Kier alpha value is -2.93. The molecule has 2 rings (SSSR count). The predicted octanol–water partition coefficient (Wildman–Crippen LogP) is 1.48. The molecule has 0 spiro atoms. The van der Waals surface area contributed by atoms with Crippen LogP contribution >= 0.6 is 0 Å². The summed E-state index contributed by atoms with van der Waals surface area (Å²) in [4.78, 5) is 25.8. The quantitative estimate of drug-likeness (QED) is 0.636. The lowest BCUT2D eigenvalue weighted by Gasteiger charge is -2.10. The molecule has 0 amide bonds. The predicted molar refractivity (Wildman–Crippen MR) is 80.2 cm³/mol. The zero-order valence-corrected chi connectivity index (χ0v) is 11.6. The highest BCUT2D eigenvalue weighted by atomic mass is 16.4. The molecule has 1 heterocycles. The number of hydrogen-bond donors (Lipinski definition) is 4. The summed E-state index contributed by atoms with van der Waals surface area (Å²) >= 11 is 0. The highest BCUT2D eigenvalue weighted by Gasteiger charge is 2.13.